The van der Waals surface area contributed by atoms with Crippen LogP contribution in [0.2, 0.25) is 0 Å². The molecule has 2 aromatic carbocycles. The van der Waals surface area contributed by atoms with Crippen LogP contribution in [-0.4, -0.2) is 47.0 Å². The van der Waals surface area contributed by atoms with Crippen LogP contribution in [-0.2, 0) is 16.0 Å². The molecule has 1 fully saturated rings. The molecule has 1 atom stereocenters. The number of hydrogen-bond acceptors (Lipinski definition) is 4. The second-order valence-electron chi connectivity index (χ2n) is 7.54. The Labute approximate surface area is 174 Å². The summed E-state index contributed by atoms with van der Waals surface area (Å²) in [5.41, 5.74) is 4.06. The Morgan fingerprint density at radius 2 is 2.00 bits per heavy atom. The van der Waals surface area contributed by atoms with Gasteiger partial charge in [0.2, 0.25) is 5.91 Å². The number of aromatic amines is 1. The molecule has 1 aliphatic rings. The summed E-state index contributed by atoms with van der Waals surface area (Å²) >= 11 is 0. The highest BCUT2D eigenvalue weighted by atomic mass is 16.6. The summed E-state index contributed by atoms with van der Waals surface area (Å²) in [6.45, 7) is 4.35. The first-order valence-corrected chi connectivity index (χ1v) is 10.3. The summed E-state index contributed by atoms with van der Waals surface area (Å²) in [5, 5.41) is 12.4. The zero-order valence-electron chi connectivity index (χ0n) is 17.0. The molecule has 0 aliphatic carbocycles. The van der Waals surface area contributed by atoms with Gasteiger partial charge < -0.3 is 14.6 Å². The number of para-hydroxylation sites is 1. The molecular weight excluding hydrogens is 382 g/mol. The van der Waals surface area contributed by atoms with Crippen LogP contribution in [0.3, 0.4) is 0 Å². The number of rotatable bonds is 6. The van der Waals surface area contributed by atoms with E-state index in [1.807, 2.05) is 29.3 Å². The van der Waals surface area contributed by atoms with Crippen molar-refractivity contribution in [1.29, 1.82) is 0 Å². The third-order valence-electron chi connectivity index (χ3n) is 5.82. The normalized spacial score (nSPS) is 15.3. The summed E-state index contributed by atoms with van der Waals surface area (Å²) in [7, 11) is 0. The lowest BCUT2D eigenvalue weighted by molar-refractivity contribution is -0.384. The lowest BCUT2D eigenvalue weighted by Gasteiger charge is -2.28. The number of morpholine rings is 1. The molecular formula is C23H25N3O4. The van der Waals surface area contributed by atoms with Crippen LogP contribution in [0, 0.1) is 10.1 Å². The highest BCUT2D eigenvalue weighted by Gasteiger charge is 2.26. The monoisotopic (exact) mass is 407 g/mol. The van der Waals surface area contributed by atoms with Crippen molar-refractivity contribution in [2.24, 2.45) is 0 Å². The van der Waals surface area contributed by atoms with E-state index in [1.54, 1.807) is 12.1 Å². The number of hydrogen-bond donors (Lipinski definition) is 1. The van der Waals surface area contributed by atoms with E-state index in [-0.39, 0.29) is 23.9 Å². The van der Waals surface area contributed by atoms with E-state index in [4.69, 9.17) is 4.74 Å². The van der Waals surface area contributed by atoms with Gasteiger partial charge in [0.15, 0.2) is 0 Å². The molecule has 0 radical (unpaired) electrons. The molecule has 2 heterocycles. The maximum Gasteiger partial charge on any atom is 0.269 e. The predicted octanol–water partition coefficient (Wildman–Crippen LogP) is 4.02. The number of nitro benzene ring substituents is 1. The number of ether oxygens (including phenoxy) is 1. The van der Waals surface area contributed by atoms with Crippen LogP contribution >= 0.6 is 0 Å². The van der Waals surface area contributed by atoms with Gasteiger partial charge in [0.05, 0.1) is 18.1 Å². The van der Waals surface area contributed by atoms with Gasteiger partial charge in [-0.05, 0) is 23.1 Å². The fraction of sp³-hybridized carbons (Fsp3) is 0.348. The molecule has 1 amide bonds. The van der Waals surface area contributed by atoms with Crippen molar-refractivity contribution in [2.75, 3.05) is 26.3 Å². The molecule has 1 aliphatic heterocycles. The van der Waals surface area contributed by atoms with Crippen LogP contribution in [0.1, 0.15) is 36.0 Å². The summed E-state index contributed by atoms with van der Waals surface area (Å²) in [4.78, 5) is 29.2. The molecule has 7 heteroatoms. The van der Waals surface area contributed by atoms with Crippen molar-refractivity contribution in [1.82, 2.24) is 9.88 Å². The maximum atomic E-state index is 13.1. The molecule has 1 aromatic heterocycles. The molecule has 156 valence electrons. The van der Waals surface area contributed by atoms with Crippen molar-refractivity contribution >= 4 is 22.5 Å². The molecule has 30 heavy (non-hydrogen) atoms. The summed E-state index contributed by atoms with van der Waals surface area (Å²) in [5.74, 6) is -0.239. The van der Waals surface area contributed by atoms with Gasteiger partial charge in [-0.3, -0.25) is 14.9 Å². The summed E-state index contributed by atoms with van der Waals surface area (Å²) < 4.78 is 5.36. The lowest BCUT2D eigenvalue weighted by atomic mass is 9.87. The van der Waals surface area contributed by atoms with E-state index in [0.29, 0.717) is 26.3 Å². The first kappa shape index (κ1) is 20.1. The Hall–Kier alpha value is -3.19. The molecule has 0 spiro atoms. The van der Waals surface area contributed by atoms with E-state index in [0.717, 1.165) is 28.5 Å². The van der Waals surface area contributed by atoms with Crippen molar-refractivity contribution in [2.45, 2.75) is 25.7 Å². The minimum Gasteiger partial charge on any atom is -0.378 e. The Morgan fingerprint density at radius 1 is 1.23 bits per heavy atom. The molecule has 0 saturated carbocycles. The third kappa shape index (κ3) is 3.93. The molecule has 0 bridgehead atoms. The second kappa shape index (κ2) is 8.67. The number of benzene rings is 2. The van der Waals surface area contributed by atoms with Crippen molar-refractivity contribution < 1.29 is 14.5 Å². The quantitative estimate of drug-likeness (QED) is 0.494. The number of nitro groups is 1. The number of aromatic nitrogens is 1. The van der Waals surface area contributed by atoms with Crippen LogP contribution in [0.5, 0.6) is 0 Å². The van der Waals surface area contributed by atoms with E-state index in [2.05, 4.69) is 18.0 Å². The summed E-state index contributed by atoms with van der Waals surface area (Å²) in [6.07, 6.45) is 3.09. The topological polar surface area (TPSA) is 88.5 Å². The summed E-state index contributed by atoms with van der Waals surface area (Å²) in [6, 6.07) is 12.8. The fourth-order valence-electron chi connectivity index (χ4n) is 4.20. The fourth-order valence-corrected chi connectivity index (χ4v) is 4.20. The van der Waals surface area contributed by atoms with Crippen molar-refractivity contribution in [3.63, 3.8) is 0 Å². The van der Waals surface area contributed by atoms with Gasteiger partial charge in [-0.25, -0.2) is 0 Å². The van der Waals surface area contributed by atoms with Crippen LogP contribution < -0.4 is 0 Å². The third-order valence-corrected chi connectivity index (χ3v) is 5.82. The van der Waals surface area contributed by atoms with Gasteiger partial charge in [0.1, 0.15) is 0 Å². The van der Waals surface area contributed by atoms with Crippen molar-refractivity contribution in [3.05, 3.63) is 75.5 Å². The Morgan fingerprint density at radius 3 is 2.73 bits per heavy atom. The highest BCUT2D eigenvalue weighted by Crippen LogP contribution is 2.36. The number of aryl methyl sites for hydroxylation is 1. The first-order valence-electron chi connectivity index (χ1n) is 10.3. The van der Waals surface area contributed by atoms with Gasteiger partial charge in [0, 0.05) is 54.7 Å². The van der Waals surface area contributed by atoms with Gasteiger partial charge in [-0.2, -0.15) is 0 Å². The number of H-pyrrole nitrogens is 1. The zero-order valence-corrected chi connectivity index (χ0v) is 17.0. The van der Waals surface area contributed by atoms with E-state index in [1.165, 1.54) is 11.6 Å². The van der Waals surface area contributed by atoms with Crippen LogP contribution in [0.4, 0.5) is 5.69 Å². The Kier molecular flexibility index (Phi) is 5.81. The van der Waals surface area contributed by atoms with Crippen LogP contribution in [0.15, 0.2) is 48.7 Å². The maximum absolute atomic E-state index is 13.1. The van der Waals surface area contributed by atoms with E-state index < -0.39 is 4.92 Å². The van der Waals surface area contributed by atoms with E-state index in [9.17, 15) is 14.9 Å². The average Bonchev–Trinajstić information content (AvgIpc) is 3.22. The first-order chi connectivity index (χ1) is 14.6. The minimum absolute atomic E-state index is 0.0328. The highest BCUT2D eigenvalue weighted by molar-refractivity contribution is 5.88. The van der Waals surface area contributed by atoms with Crippen LogP contribution in [0.25, 0.3) is 10.9 Å². The molecule has 1 N–H and O–H groups in total. The number of nitrogens with zero attached hydrogens (tertiary/aromatic N) is 2. The number of non-ortho nitro benzene ring substituents is 1. The van der Waals surface area contributed by atoms with E-state index >= 15 is 0 Å². The number of carbonyl (C=O) groups excluding carboxylic acids is 1. The Bertz CT molecular complexity index is 1070. The number of nitrogens with one attached hydrogen (secondary N) is 1. The predicted molar refractivity (Wildman–Crippen MR) is 115 cm³/mol. The van der Waals surface area contributed by atoms with Gasteiger partial charge in [-0.15, -0.1) is 0 Å². The Balaban J connectivity index is 1.77. The largest absolute Gasteiger partial charge is 0.378 e. The van der Waals surface area contributed by atoms with Crippen molar-refractivity contribution in [3.8, 4) is 0 Å². The number of fused-ring (bicyclic) bond motifs is 1. The van der Waals surface area contributed by atoms with Gasteiger partial charge in [0.25, 0.3) is 5.69 Å². The number of amides is 1. The second-order valence-corrected chi connectivity index (χ2v) is 7.54. The SMILES string of the molecule is CCc1cccc2c([C@@H](CC(=O)N3CCOCC3)c3cccc([N+](=O)[O-])c3)c[nH]c12. The molecule has 7 nitrogen and oxygen atoms in total. The molecule has 4 rings (SSSR count). The molecule has 3 aromatic rings. The average molecular weight is 407 g/mol. The standard InChI is InChI=1S/C23H25N3O4/c1-2-16-5-4-8-19-21(15-24-23(16)19)20(14-22(27)25-9-11-30-12-10-25)17-6-3-7-18(13-17)26(28)29/h3-8,13,15,20,24H,2,9-12,14H2,1H3/t20-/m0/s1. The zero-order chi connectivity index (χ0) is 21.1. The smallest absolute Gasteiger partial charge is 0.269 e. The molecule has 0 unspecified atom stereocenters. The minimum atomic E-state index is -0.394. The molecule has 1 saturated heterocycles. The number of carbonyl (C=O) groups is 1. The lowest BCUT2D eigenvalue weighted by Crippen LogP contribution is -2.41. The van der Waals surface area contributed by atoms with Gasteiger partial charge in [-0.1, -0.05) is 37.3 Å². The van der Waals surface area contributed by atoms with Gasteiger partial charge >= 0.3 is 0 Å².